The second-order valence-electron chi connectivity index (χ2n) is 9.08. The topological polar surface area (TPSA) is 132 Å². The van der Waals surface area contributed by atoms with Crippen molar-refractivity contribution in [2.24, 2.45) is 5.73 Å². The third kappa shape index (κ3) is 6.32. The molecule has 0 saturated carbocycles. The monoisotopic (exact) mass is 523 g/mol. The fourth-order valence-corrected chi connectivity index (χ4v) is 4.68. The van der Waals surface area contributed by atoms with Crippen LogP contribution in [0.15, 0.2) is 54.1 Å². The lowest BCUT2D eigenvalue weighted by atomic mass is 9.95. The molecule has 0 aromatic heterocycles. The molecule has 4 rings (SSSR count). The van der Waals surface area contributed by atoms with Gasteiger partial charge in [-0.2, -0.15) is 0 Å². The Hall–Kier alpha value is -3.89. The number of Topliss-reactive ketones (excluding diaryl/α,β-unsaturated/α-hetero) is 1. The summed E-state index contributed by atoms with van der Waals surface area (Å²) in [7, 11) is 0. The van der Waals surface area contributed by atoms with Gasteiger partial charge in [0.15, 0.2) is 6.61 Å². The summed E-state index contributed by atoms with van der Waals surface area (Å²) in [5, 5.41) is 11.2. The summed E-state index contributed by atoms with van der Waals surface area (Å²) in [6.45, 7) is 6.22. The molecule has 1 atom stereocenters. The van der Waals surface area contributed by atoms with Crippen LogP contribution in [0.2, 0.25) is 0 Å². The predicted octanol–water partition coefficient (Wildman–Crippen LogP) is 2.09. The molecule has 0 radical (unpaired) electrons. The largest absolute Gasteiger partial charge is 0.507 e. The first-order valence-corrected chi connectivity index (χ1v) is 12.7. The van der Waals surface area contributed by atoms with E-state index in [1.54, 1.807) is 48.5 Å². The normalized spacial score (nSPS) is 19.5. The standard InChI is InChI=1S/C28H33N3O7/c1-2-37-21-10-6-20(7-11-21)26(33)24-25(19-4-8-22(9-5-19)38-18-23(29)32)31(28(35)27(24)34)13-3-12-30-14-16-36-17-15-30/h4-11,25,33H,2-3,12-18H2,1H3,(H2,29,32). The van der Waals surface area contributed by atoms with E-state index in [0.717, 1.165) is 19.6 Å². The summed E-state index contributed by atoms with van der Waals surface area (Å²) in [4.78, 5) is 41.3. The van der Waals surface area contributed by atoms with Crippen LogP contribution >= 0.6 is 0 Å². The molecular formula is C28H33N3O7. The third-order valence-electron chi connectivity index (χ3n) is 6.53. The first-order chi connectivity index (χ1) is 18.4. The maximum Gasteiger partial charge on any atom is 0.295 e. The Morgan fingerprint density at radius 3 is 2.26 bits per heavy atom. The van der Waals surface area contributed by atoms with Crippen LogP contribution < -0.4 is 15.2 Å². The molecule has 202 valence electrons. The van der Waals surface area contributed by atoms with Crippen molar-refractivity contribution in [2.75, 3.05) is 52.6 Å². The molecule has 3 N–H and O–H groups in total. The van der Waals surface area contributed by atoms with Crippen LogP contribution in [-0.2, 0) is 19.1 Å². The van der Waals surface area contributed by atoms with E-state index in [2.05, 4.69) is 4.90 Å². The zero-order valence-corrected chi connectivity index (χ0v) is 21.4. The molecule has 2 aromatic carbocycles. The number of likely N-dealkylation sites (tertiary alicyclic amines) is 1. The molecule has 10 nitrogen and oxygen atoms in total. The number of nitrogens with zero attached hydrogens (tertiary/aromatic N) is 2. The maximum atomic E-state index is 13.3. The number of hydrogen-bond donors (Lipinski definition) is 2. The number of benzene rings is 2. The average molecular weight is 524 g/mol. The number of carbonyl (C=O) groups excluding carboxylic acids is 3. The fraction of sp³-hybridized carbons (Fsp3) is 0.393. The number of amides is 2. The predicted molar refractivity (Wildman–Crippen MR) is 140 cm³/mol. The van der Waals surface area contributed by atoms with Gasteiger partial charge in [0.2, 0.25) is 0 Å². The smallest absolute Gasteiger partial charge is 0.295 e. The van der Waals surface area contributed by atoms with Crippen LogP contribution in [0.3, 0.4) is 0 Å². The number of aliphatic hydroxyl groups is 1. The zero-order valence-electron chi connectivity index (χ0n) is 21.4. The summed E-state index contributed by atoms with van der Waals surface area (Å²) in [5.41, 5.74) is 6.22. The van der Waals surface area contributed by atoms with E-state index >= 15 is 0 Å². The average Bonchev–Trinajstić information content (AvgIpc) is 3.18. The Kier molecular flexibility index (Phi) is 8.98. The van der Waals surface area contributed by atoms with Gasteiger partial charge in [-0.25, -0.2) is 0 Å². The summed E-state index contributed by atoms with van der Waals surface area (Å²) in [5.74, 6) is -1.18. The van der Waals surface area contributed by atoms with Crippen LogP contribution in [-0.4, -0.2) is 85.1 Å². The van der Waals surface area contributed by atoms with Crippen molar-refractivity contribution in [3.8, 4) is 11.5 Å². The van der Waals surface area contributed by atoms with Crippen molar-refractivity contribution in [2.45, 2.75) is 19.4 Å². The van der Waals surface area contributed by atoms with E-state index in [-0.39, 0.29) is 17.9 Å². The fourth-order valence-electron chi connectivity index (χ4n) is 4.68. The number of nitrogens with two attached hydrogens (primary N) is 1. The minimum Gasteiger partial charge on any atom is -0.507 e. The molecule has 2 heterocycles. The van der Waals surface area contributed by atoms with E-state index in [4.69, 9.17) is 19.9 Å². The van der Waals surface area contributed by atoms with E-state index < -0.39 is 23.6 Å². The Labute approximate surface area is 221 Å². The number of morpholine rings is 1. The van der Waals surface area contributed by atoms with Crippen LogP contribution in [0.4, 0.5) is 0 Å². The molecule has 38 heavy (non-hydrogen) atoms. The molecule has 0 bridgehead atoms. The quantitative estimate of drug-likeness (QED) is 0.260. The maximum absolute atomic E-state index is 13.3. The Bertz CT molecular complexity index is 1170. The van der Waals surface area contributed by atoms with Crippen molar-refractivity contribution >= 4 is 23.4 Å². The highest BCUT2D eigenvalue weighted by atomic mass is 16.5. The van der Waals surface area contributed by atoms with Crippen LogP contribution in [0, 0.1) is 0 Å². The number of aliphatic hydroxyl groups excluding tert-OH is 1. The SMILES string of the molecule is CCOc1ccc(C(O)=C2C(=O)C(=O)N(CCCN3CCOCC3)C2c2ccc(OCC(N)=O)cc2)cc1. The number of ether oxygens (including phenoxy) is 3. The van der Waals surface area contributed by atoms with Gasteiger partial charge in [-0.1, -0.05) is 12.1 Å². The Balaban J connectivity index is 1.64. The van der Waals surface area contributed by atoms with Gasteiger partial charge in [-0.15, -0.1) is 0 Å². The Morgan fingerprint density at radius 2 is 1.63 bits per heavy atom. The molecule has 2 aliphatic heterocycles. The highest BCUT2D eigenvalue weighted by molar-refractivity contribution is 6.46. The number of hydrogen-bond acceptors (Lipinski definition) is 8. The van der Waals surface area contributed by atoms with Gasteiger partial charge in [0.25, 0.3) is 17.6 Å². The lowest BCUT2D eigenvalue weighted by Crippen LogP contribution is -2.38. The number of rotatable bonds is 11. The summed E-state index contributed by atoms with van der Waals surface area (Å²) in [6, 6.07) is 12.7. The molecule has 0 aliphatic carbocycles. The van der Waals surface area contributed by atoms with Gasteiger partial charge < -0.3 is 30.0 Å². The first kappa shape index (κ1) is 27.2. The second-order valence-corrected chi connectivity index (χ2v) is 9.08. The lowest BCUT2D eigenvalue weighted by Gasteiger charge is -2.29. The highest BCUT2D eigenvalue weighted by Gasteiger charge is 2.45. The number of primary amides is 1. The van der Waals surface area contributed by atoms with Crippen molar-refractivity contribution in [1.82, 2.24) is 9.80 Å². The molecular weight excluding hydrogens is 490 g/mol. The van der Waals surface area contributed by atoms with Crippen LogP contribution in [0.1, 0.15) is 30.5 Å². The van der Waals surface area contributed by atoms with Gasteiger partial charge in [-0.05, 0) is 55.3 Å². The zero-order chi connectivity index (χ0) is 27.1. The van der Waals surface area contributed by atoms with Gasteiger partial charge in [0.1, 0.15) is 17.3 Å². The summed E-state index contributed by atoms with van der Waals surface area (Å²) in [6.07, 6.45) is 0.659. The first-order valence-electron chi connectivity index (χ1n) is 12.7. The molecule has 1 unspecified atom stereocenters. The van der Waals surface area contributed by atoms with Gasteiger partial charge in [0, 0.05) is 31.7 Å². The molecule has 2 fully saturated rings. The summed E-state index contributed by atoms with van der Waals surface area (Å²) >= 11 is 0. The van der Waals surface area contributed by atoms with Crippen molar-refractivity contribution in [3.05, 3.63) is 65.2 Å². The lowest BCUT2D eigenvalue weighted by molar-refractivity contribution is -0.140. The van der Waals surface area contributed by atoms with E-state index in [9.17, 15) is 19.5 Å². The minimum atomic E-state index is -0.781. The molecule has 0 spiro atoms. The van der Waals surface area contributed by atoms with Crippen LogP contribution in [0.5, 0.6) is 11.5 Å². The van der Waals surface area contributed by atoms with E-state index in [0.29, 0.717) is 55.4 Å². The third-order valence-corrected chi connectivity index (χ3v) is 6.53. The van der Waals surface area contributed by atoms with E-state index in [1.165, 1.54) is 4.90 Å². The van der Waals surface area contributed by atoms with Crippen molar-refractivity contribution in [3.63, 3.8) is 0 Å². The van der Waals surface area contributed by atoms with Gasteiger partial charge >= 0.3 is 0 Å². The molecule has 2 saturated heterocycles. The minimum absolute atomic E-state index is 0.0244. The van der Waals surface area contributed by atoms with Crippen molar-refractivity contribution in [1.29, 1.82) is 0 Å². The number of carbonyl (C=O) groups is 3. The molecule has 10 heteroatoms. The summed E-state index contributed by atoms with van der Waals surface area (Å²) < 4.78 is 16.2. The van der Waals surface area contributed by atoms with Gasteiger partial charge in [0.05, 0.1) is 31.4 Å². The molecule has 2 aliphatic rings. The van der Waals surface area contributed by atoms with Crippen molar-refractivity contribution < 1.29 is 33.7 Å². The van der Waals surface area contributed by atoms with Gasteiger partial charge in [-0.3, -0.25) is 19.3 Å². The molecule has 2 amide bonds. The second kappa shape index (κ2) is 12.6. The van der Waals surface area contributed by atoms with Crippen LogP contribution in [0.25, 0.3) is 5.76 Å². The highest BCUT2D eigenvalue weighted by Crippen LogP contribution is 2.40. The Morgan fingerprint density at radius 1 is 1.00 bits per heavy atom. The number of ketones is 1. The van der Waals surface area contributed by atoms with E-state index in [1.807, 2.05) is 6.92 Å². The molecule has 2 aromatic rings.